The first-order valence-corrected chi connectivity index (χ1v) is 6.90. The van der Waals surface area contributed by atoms with Gasteiger partial charge >= 0.3 is 11.8 Å². The number of anilines is 1. The van der Waals surface area contributed by atoms with Gasteiger partial charge in [-0.25, -0.2) is 0 Å². The molecule has 0 bridgehead atoms. The highest BCUT2D eigenvalue weighted by molar-refractivity contribution is 6.40. The molecule has 0 aliphatic heterocycles. The summed E-state index contributed by atoms with van der Waals surface area (Å²) in [6.45, 7) is 0. The summed E-state index contributed by atoms with van der Waals surface area (Å²) in [7, 11) is 0. The number of benzene rings is 1. The van der Waals surface area contributed by atoms with Crippen LogP contribution in [0.25, 0.3) is 0 Å². The smallest absolute Gasteiger partial charge is 0.313 e. The van der Waals surface area contributed by atoms with Gasteiger partial charge in [0.1, 0.15) is 0 Å². The fourth-order valence-electron chi connectivity index (χ4n) is 2.25. The molecule has 0 atom stereocenters. The number of rotatable bonds is 2. The molecule has 0 saturated heterocycles. The van der Waals surface area contributed by atoms with E-state index in [4.69, 9.17) is 11.6 Å². The molecule has 0 spiro atoms. The molecule has 0 unspecified atom stereocenters. The zero-order valence-corrected chi connectivity index (χ0v) is 11.4. The van der Waals surface area contributed by atoms with Gasteiger partial charge in [0.25, 0.3) is 0 Å². The van der Waals surface area contributed by atoms with E-state index >= 15 is 0 Å². The monoisotopic (exact) mass is 280 g/mol. The summed E-state index contributed by atoms with van der Waals surface area (Å²) in [6.07, 6.45) is 5.34. The molecule has 19 heavy (non-hydrogen) atoms. The Morgan fingerprint density at radius 2 is 1.84 bits per heavy atom. The van der Waals surface area contributed by atoms with Crippen molar-refractivity contribution in [3.8, 4) is 0 Å². The molecule has 102 valence electrons. The van der Waals surface area contributed by atoms with Crippen LogP contribution in [0.4, 0.5) is 5.69 Å². The first-order chi connectivity index (χ1) is 9.15. The topological polar surface area (TPSA) is 58.2 Å². The van der Waals surface area contributed by atoms with Crippen LogP contribution in [0.3, 0.4) is 0 Å². The van der Waals surface area contributed by atoms with Gasteiger partial charge in [-0.1, -0.05) is 36.9 Å². The number of hydrogen-bond donors (Lipinski definition) is 2. The van der Waals surface area contributed by atoms with Crippen LogP contribution in [-0.4, -0.2) is 17.9 Å². The third kappa shape index (κ3) is 4.24. The fourth-order valence-corrected chi connectivity index (χ4v) is 2.44. The normalized spacial score (nSPS) is 15.8. The zero-order chi connectivity index (χ0) is 13.7. The Morgan fingerprint density at radius 3 is 2.53 bits per heavy atom. The van der Waals surface area contributed by atoms with Gasteiger partial charge in [-0.05, 0) is 31.0 Å². The summed E-state index contributed by atoms with van der Waals surface area (Å²) in [6, 6.07) is 6.85. The van der Waals surface area contributed by atoms with Crippen LogP contribution in [-0.2, 0) is 9.59 Å². The third-order valence-corrected chi connectivity index (χ3v) is 3.46. The molecule has 2 N–H and O–H groups in total. The van der Waals surface area contributed by atoms with Crippen LogP contribution in [0.2, 0.25) is 5.02 Å². The molecule has 5 heteroatoms. The van der Waals surface area contributed by atoms with E-state index in [9.17, 15) is 9.59 Å². The molecule has 0 radical (unpaired) electrons. The minimum absolute atomic E-state index is 0.131. The summed E-state index contributed by atoms with van der Waals surface area (Å²) in [5.41, 5.74) is 0.524. The quantitative estimate of drug-likeness (QED) is 0.819. The molecule has 4 nitrogen and oxygen atoms in total. The lowest BCUT2D eigenvalue weighted by Gasteiger charge is -2.22. The molecule has 1 aliphatic carbocycles. The average molecular weight is 281 g/mol. The van der Waals surface area contributed by atoms with Crippen molar-refractivity contribution in [1.82, 2.24) is 5.32 Å². The lowest BCUT2D eigenvalue weighted by Crippen LogP contribution is -2.42. The van der Waals surface area contributed by atoms with Crippen molar-refractivity contribution in [2.45, 2.75) is 38.1 Å². The average Bonchev–Trinajstić information content (AvgIpc) is 2.40. The standard InChI is InChI=1S/C14H17ClN2O2/c15-10-5-4-8-12(9-10)17-14(19)13(18)16-11-6-2-1-3-7-11/h4-5,8-9,11H,1-3,6-7H2,(H,16,18)(H,17,19). The van der Waals surface area contributed by atoms with Crippen molar-refractivity contribution in [2.75, 3.05) is 5.32 Å². The van der Waals surface area contributed by atoms with Gasteiger partial charge < -0.3 is 10.6 Å². The van der Waals surface area contributed by atoms with Gasteiger partial charge in [0, 0.05) is 16.8 Å². The lowest BCUT2D eigenvalue weighted by atomic mass is 9.95. The Bertz CT molecular complexity index is 470. The number of amides is 2. The molecule has 1 aliphatic rings. The minimum Gasteiger partial charge on any atom is -0.345 e. The number of hydrogen-bond acceptors (Lipinski definition) is 2. The minimum atomic E-state index is -0.646. The molecule has 1 fully saturated rings. The lowest BCUT2D eigenvalue weighted by molar-refractivity contribution is -0.136. The molecule has 1 aromatic rings. The van der Waals surface area contributed by atoms with E-state index in [0.717, 1.165) is 25.7 Å². The van der Waals surface area contributed by atoms with E-state index in [0.29, 0.717) is 10.7 Å². The fraction of sp³-hybridized carbons (Fsp3) is 0.429. The Balaban J connectivity index is 1.86. The maximum atomic E-state index is 11.7. The number of carbonyl (C=O) groups excluding carboxylic acids is 2. The van der Waals surface area contributed by atoms with Crippen molar-refractivity contribution in [2.24, 2.45) is 0 Å². The largest absolute Gasteiger partial charge is 0.345 e. The number of nitrogens with one attached hydrogen (secondary N) is 2. The SMILES string of the molecule is O=C(Nc1cccc(Cl)c1)C(=O)NC1CCCCC1. The highest BCUT2D eigenvalue weighted by Gasteiger charge is 2.20. The first-order valence-electron chi connectivity index (χ1n) is 6.52. The van der Waals surface area contributed by atoms with Crippen LogP contribution < -0.4 is 10.6 Å². The highest BCUT2D eigenvalue weighted by Crippen LogP contribution is 2.17. The van der Waals surface area contributed by atoms with E-state index in [2.05, 4.69) is 10.6 Å². The van der Waals surface area contributed by atoms with E-state index in [1.165, 1.54) is 6.42 Å². The predicted molar refractivity (Wildman–Crippen MR) is 75.1 cm³/mol. The van der Waals surface area contributed by atoms with Crippen LogP contribution in [0.15, 0.2) is 24.3 Å². The van der Waals surface area contributed by atoms with Gasteiger partial charge in [-0.2, -0.15) is 0 Å². The van der Waals surface area contributed by atoms with E-state index in [1.807, 2.05) is 0 Å². The van der Waals surface area contributed by atoms with E-state index in [-0.39, 0.29) is 6.04 Å². The molecule has 0 aromatic heterocycles. The molecule has 1 aromatic carbocycles. The Hall–Kier alpha value is -1.55. The maximum absolute atomic E-state index is 11.7. The van der Waals surface area contributed by atoms with Crippen LogP contribution in [0, 0.1) is 0 Å². The van der Waals surface area contributed by atoms with Gasteiger partial charge in [0.2, 0.25) is 0 Å². The van der Waals surface area contributed by atoms with Crippen molar-refractivity contribution < 1.29 is 9.59 Å². The summed E-state index contributed by atoms with van der Waals surface area (Å²) >= 11 is 5.81. The van der Waals surface area contributed by atoms with E-state index in [1.54, 1.807) is 24.3 Å². The highest BCUT2D eigenvalue weighted by atomic mass is 35.5. The van der Waals surface area contributed by atoms with Crippen molar-refractivity contribution in [1.29, 1.82) is 0 Å². The maximum Gasteiger partial charge on any atom is 0.313 e. The van der Waals surface area contributed by atoms with Crippen LogP contribution >= 0.6 is 11.6 Å². The third-order valence-electron chi connectivity index (χ3n) is 3.23. The predicted octanol–water partition coefficient (Wildman–Crippen LogP) is 2.73. The van der Waals surface area contributed by atoms with Gasteiger partial charge in [-0.15, -0.1) is 0 Å². The second kappa shape index (κ2) is 6.57. The molecule has 1 saturated carbocycles. The number of halogens is 1. The van der Waals surface area contributed by atoms with Crippen molar-refractivity contribution in [3.63, 3.8) is 0 Å². The number of carbonyl (C=O) groups is 2. The van der Waals surface area contributed by atoms with Crippen LogP contribution in [0.1, 0.15) is 32.1 Å². The molecular weight excluding hydrogens is 264 g/mol. The Morgan fingerprint density at radius 1 is 1.11 bits per heavy atom. The first kappa shape index (κ1) is 13.9. The second-order valence-electron chi connectivity index (χ2n) is 4.77. The van der Waals surface area contributed by atoms with E-state index < -0.39 is 11.8 Å². The van der Waals surface area contributed by atoms with Crippen LogP contribution in [0.5, 0.6) is 0 Å². The van der Waals surface area contributed by atoms with Crippen molar-refractivity contribution >= 4 is 29.1 Å². The summed E-state index contributed by atoms with van der Waals surface area (Å²) < 4.78 is 0. The Labute approximate surface area is 117 Å². The van der Waals surface area contributed by atoms with Gasteiger partial charge in [-0.3, -0.25) is 9.59 Å². The van der Waals surface area contributed by atoms with Gasteiger partial charge in [0.15, 0.2) is 0 Å². The molecule has 0 heterocycles. The summed E-state index contributed by atoms with van der Waals surface area (Å²) in [5.74, 6) is -1.22. The zero-order valence-electron chi connectivity index (χ0n) is 10.6. The Kier molecular flexibility index (Phi) is 4.80. The summed E-state index contributed by atoms with van der Waals surface area (Å²) in [4.78, 5) is 23.5. The van der Waals surface area contributed by atoms with Crippen molar-refractivity contribution in [3.05, 3.63) is 29.3 Å². The van der Waals surface area contributed by atoms with Gasteiger partial charge in [0.05, 0.1) is 0 Å². The second-order valence-corrected chi connectivity index (χ2v) is 5.21. The molecule has 2 amide bonds. The molecule has 2 rings (SSSR count). The molecular formula is C14H17ClN2O2. The summed E-state index contributed by atoms with van der Waals surface area (Å²) in [5, 5.41) is 5.83.